The minimum absolute atomic E-state index is 0.298. The molecular formula is C22H15BrFN7. The second-order valence-corrected chi connectivity index (χ2v) is 8.35. The van der Waals surface area contributed by atoms with Crippen LogP contribution in [0, 0.1) is 5.82 Å². The Balaban J connectivity index is 1.55. The number of benzene rings is 1. The number of nitrogen functional groups attached to an aromatic ring is 1. The van der Waals surface area contributed by atoms with E-state index in [2.05, 4.69) is 31.0 Å². The van der Waals surface area contributed by atoms with Gasteiger partial charge in [0.25, 0.3) is 0 Å². The molecule has 0 saturated heterocycles. The maximum Gasteiger partial charge on any atom is 0.158 e. The van der Waals surface area contributed by atoms with Crippen molar-refractivity contribution in [2.24, 2.45) is 7.05 Å². The minimum atomic E-state index is -0.298. The van der Waals surface area contributed by atoms with Gasteiger partial charge in [0.05, 0.1) is 11.4 Å². The van der Waals surface area contributed by atoms with Crippen molar-refractivity contribution in [2.45, 2.75) is 0 Å². The molecule has 0 aliphatic carbocycles. The summed E-state index contributed by atoms with van der Waals surface area (Å²) in [4.78, 5) is 12.5. The first kappa shape index (κ1) is 18.1. The number of aryl methyl sites for hydroxylation is 1. The quantitative estimate of drug-likeness (QED) is 0.372. The lowest BCUT2D eigenvalue weighted by Gasteiger charge is -2.03. The molecule has 0 aliphatic rings. The topological polar surface area (TPSA) is 89.8 Å². The molecule has 5 aromatic heterocycles. The summed E-state index contributed by atoms with van der Waals surface area (Å²) in [6.45, 7) is 0. The van der Waals surface area contributed by atoms with Gasteiger partial charge in [-0.25, -0.2) is 14.4 Å². The first-order valence-corrected chi connectivity index (χ1v) is 10.3. The molecule has 0 radical (unpaired) electrons. The number of nitrogens with zero attached hydrogens (tertiary/aromatic N) is 5. The molecule has 0 unspecified atom stereocenters. The zero-order valence-electron chi connectivity index (χ0n) is 16.3. The lowest BCUT2D eigenvalue weighted by Crippen LogP contribution is -2.01. The first-order valence-electron chi connectivity index (χ1n) is 9.52. The largest absolute Gasteiger partial charge is 0.384 e. The third kappa shape index (κ3) is 2.73. The van der Waals surface area contributed by atoms with Gasteiger partial charge in [-0.15, -0.1) is 0 Å². The van der Waals surface area contributed by atoms with Crippen molar-refractivity contribution in [1.82, 2.24) is 29.1 Å². The fraction of sp³-hybridized carbons (Fsp3) is 0.0455. The Morgan fingerprint density at radius 2 is 1.94 bits per heavy atom. The Hall–Kier alpha value is -3.72. The van der Waals surface area contributed by atoms with Crippen LogP contribution in [-0.4, -0.2) is 29.1 Å². The van der Waals surface area contributed by atoms with E-state index in [0.29, 0.717) is 17.2 Å². The second kappa shape index (κ2) is 6.39. The van der Waals surface area contributed by atoms with E-state index in [1.807, 2.05) is 36.1 Å². The van der Waals surface area contributed by atoms with E-state index in [0.717, 1.165) is 43.2 Å². The van der Waals surface area contributed by atoms with Crippen LogP contribution in [0.15, 0.2) is 59.5 Å². The van der Waals surface area contributed by atoms with Gasteiger partial charge in [-0.3, -0.25) is 0 Å². The van der Waals surface area contributed by atoms with Crippen LogP contribution in [0.25, 0.3) is 50.1 Å². The van der Waals surface area contributed by atoms with Crippen molar-refractivity contribution in [3.05, 3.63) is 65.3 Å². The van der Waals surface area contributed by atoms with Gasteiger partial charge in [-0.05, 0) is 40.2 Å². The number of nitrogens with two attached hydrogens (primary N) is 1. The molecule has 0 bridgehead atoms. The summed E-state index contributed by atoms with van der Waals surface area (Å²) >= 11 is 3.49. The Kier molecular flexibility index (Phi) is 3.73. The van der Waals surface area contributed by atoms with E-state index in [9.17, 15) is 4.39 Å². The number of pyridine rings is 1. The van der Waals surface area contributed by atoms with Crippen molar-refractivity contribution < 1.29 is 4.39 Å². The zero-order chi connectivity index (χ0) is 21.3. The Bertz CT molecular complexity index is 1640. The third-order valence-electron chi connectivity index (χ3n) is 5.43. The van der Waals surface area contributed by atoms with E-state index in [1.165, 1.54) is 12.1 Å². The molecule has 6 aromatic rings. The number of hydrogen-bond donors (Lipinski definition) is 2. The van der Waals surface area contributed by atoms with E-state index < -0.39 is 0 Å². The molecule has 0 aliphatic heterocycles. The number of H-pyrrole nitrogens is 1. The molecule has 9 heteroatoms. The number of aromatic nitrogens is 6. The lowest BCUT2D eigenvalue weighted by atomic mass is 10.1. The smallest absolute Gasteiger partial charge is 0.158 e. The fourth-order valence-corrected chi connectivity index (χ4v) is 4.34. The molecule has 0 amide bonds. The molecule has 1 aromatic carbocycles. The normalized spacial score (nSPS) is 11.8. The van der Waals surface area contributed by atoms with Crippen LogP contribution in [0.4, 0.5) is 10.2 Å². The summed E-state index contributed by atoms with van der Waals surface area (Å²) in [6, 6.07) is 10.3. The highest BCUT2D eigenvalue weighted by Gasteiger charge is 2.16. The van der Waals surface area contributed by atoms with Crippen molar-refractivity contribution >= 4 is 49.3 Å². The van der Waals surface area contributed by atoms with E-state index >= 15 is 0 Å². The Morgan fingerprint density at radius 3 is 2.81 bits per heavy atom. The van der Waals surface area contributed by atoms with Gasteiger partial charge in [0.15, 0.2) is 5.65 Å². The molecule has 31 heavy (non-hydrogen) atoms. The predicted molar refractivity (Wildman–Crippen MR) is 122 cm³/mol. The third-order valence-corrected chi connectivity index (χ3v) is 5.86. The van der Waals surface area contributed by atoms with Crippen LogP contribution in [0.2, 0.25) is 0 Å². The van der Waals surface area contributed by atoms with Gasteiger partial charge in [-0.2, -0.15) is 9.61 Å². The van der Waals surface area contributed by atoms with Crippen molar-refractivity contribution in [3.8, 4) is 22.5 Å². The summed E-state index contributed by atoms with van der Waals surface area (Å²) < 4.78 is 18.2. The summed E-state index contributed by atoms with van der Waals surface area (Å²) in [6.07, 6.45) is 5.57. The van der Waals surface area contributed by atoms with E-state index in [1.54, 1.807) is 22.8 Å². The van der Waals surface area contributed by atoms with E-state index in [-0.39, 0.29) is 5.82 Å². The number of aromatic amines is 1. The molecular weight excluding hydrogens is 461 g/mol. The monoisotopic (exact) mass is 475 g/mol. The Labute approximate surface area is 183 Å². The Morgan fingerprint density at radius 1 is 1.06 bits per heavy atom. The van der Waals surface area contributed by atoms with Gasteiger partial charge in [-0.1, -0.05) is 0 Å². The van der Waals surface area contributed by atoms with Crippen LogP contribution in [0.1, 0.15) is 0 Å². The maximum absolute atomic E-state index is 13.8. The van der Waals surface area contributed by atoms with E-state index in [4.69, 9.17) is 10.7 Å². The molecule has 152 valence electrons. The van der Waals surface area contributed by atoms with Crippen molar-refractivity contribution in [2.75, 3.05) is 5.73 Å². The van der Waals surface area contributed by atoms with Crippen LogP contribution >= 0.6 is 15.9 Å². The molecule has 5 heterocycles. The summed E-state index contributed by atoms with van der Waals surface area (Å²) in [7, 11) is 1.95. The average molecular weight is 476 g/mol. The number of halogens is 2. The SMILES string of the molecule is Cn1cc(-c2cc(N)n3nc(-c4c[nH]c5ccc(F)cc45)cc3n2)c2cc(Br)cnc21. The molecule has 6 rings (SSSR count). The first-order chi connectivity index (χ1) is 15.0. The van der Waals surface area contributed by atoms with Gasteiger partial charge < -0.3 is 15.3 Å². The van der Waals surface area contributed by atoms with Crippen molar-refractivity contribution in [1.29, 1.82) is 0 Å². The van der Waals surface area contributed by atoms with Crippen LogP contribution < -0.4 is 5.73 Å². The lowest BCUT2D eigenvalue weighted by molar-refractivity contribution is 0.630. The predicted octanol–water partition coefficient (Wildman–Crippen LogP) is 4.92. The highest BCUT2D eigenvalue weighted by molar-refractivity contribution is 9.10. The fourth-order valence-electron chi connectivity index (χ4n) is 4.01. The van der Waals surface area contributed by atoms with Gasteiger partial charge in [0.1, 0.15) is 17.3 Å². The van der Waals surface area contributed by atoms with Crippen LogP contribution in [-0.2, 0) is 7.05 Å². The van der Waals surface area contributed by atoms with Gasteiger partial charge in [0.2, 0.25) is 0 Å². The molecule has 3 N–H and O–H groups in total. The summed E-state index contributed by atoms with van der Waals surface area (Å²) in [5, 5.41) is 6.34. The highest BCUT2D eigenvalue weighted by atomic mass is 79.9. The second-order valence-electron chi connectivity index (χ2n) is 7.44. The summed E-state index contributed by atoms with van der Waals surface area (Å²) in [5.41, 5.74) is 11.7. The number of fused-ring (bicyclic) bond motifs is 3. The molecule has 0 atom stereocenters. The van der Waals surface area contributed by atoms with Crippen LogP contribution in [0.3, 0.4) is 0 Å². The van der Waals surface area contributed by atoms with Crippen LogP contribution in [0.5, 0.6) is 0 Å². The number of anilines is 1. The zero-order valence-corrected chi connectivity index (χ0v) is 17.9. The molecule has 0 saturated carbocycles. The maximum atomic E-state index is 13.8. The van der Waals surface area contributed by atoms with Gasteiger partial charge in [0, 0.05) is 69.7 Å². The highest BCUT2D eigenvalue weighted by Crippen LogP contribution is 2.33. The molecule has 0 fully saturated rings. The summed E-state index contributed by atoms with van der Waals surface area (Å²) in [5.74, 6) is 0.157. The number of hydrogen-bond acceptors (Lipinski definition) is 4. The average Bonchev–Trinajstić information content (AvgIpc) is 3.43. The standard InChI is InChI=1S/C22H15BrFN7/c1-30-10-16(14-4-11(23)8-27-22(14)30)18-6-20(25)31-21(28-18)7-19(29-31)15-9-26-17-3-2-12(24)5-13(15)17/h2-10,26H,25H2,1H3. The minimum Gasteiger partial charge on any atom is -0.384 e. The van der Waals surface area contributed by atoms with Gasteiger partial charge >= 0.3 is 0 Å². The number of nitrogens with one attached hydrogen (secondary N) is 1. The number of rotatable bonds is 2. The molecule has 0 spiro atoms. The van der Waals surface area contributed by atoms with Crippen molar-refractivity contribution in [3.63, 3.8) is 0 Å². The molecule has 7 nitrogen and oxygen atoms in total.